The van der Waals surface area contributed by atoms with E-state index in [4.69, 9.17) is 4.55 Å². The second-order valence-electron chi connectivity index (χ2n) is 5.22. The summed E-state index contributed by atoms with van der Waals surface area (Å²) < 4.78 is 29.5. The Bertz CT molecular complexity index is 396. The molecule has 5 nitrogen and oxygen atoms in total. The Morgan fingerprint density at radius 2 is 1.64 bits per heavy atom. The van der Waals surface area contributed by atoms with Gasteiger partial charge in [0.2, 0.25) is 0 Å². The predicted molar refractivity (Wildman–Crippen MR) is 85.1 cm³/mol. The predicted octanol–water partition coefficient (Wildman–Crippen LogP) is -0.276. The van der Waals surface area contributed by atoms with Crippen molar-refractivity contribution in [3.8, 4) is 0 Å². The maximum Gasteiger partial charge on any atom is 1.00 e. The summed E-state index contributed by atoms with van der Waals surface area (Å²) in [5.41, 5.74) is 0. The summed E-state index contributed by atoms with van der Waals surface area (Å²) in [6.45, 7) is 4.03. The Hall–Kier alpha value is 0.120. The average Bonchev–Trinajstić information content (AvgIpc) is 2.40. The molecule has 0 unspecified atom stereocenters. The zero-order chi connectivity index (χ0) is 16.0. The van der Waals surface area contributed by atoms with Crippen molar-refractivity contribution in [1.82, 2.24) is 0 Å². The number of hydrogen-bond acceptors (Lipinski definition) is 4. The number of allylic oxidation sites excluding steroid dienone is 1. The third-order valence-electron chi connectivity index (χ3n) is 3.15. The van der Waals surface area contributed by atoms with Crippen LogP contribution in [0, 0.1) is 0 Å². The summed E-state index contributed by atoms with van der Waals surface area (Å²) in [5, 5.41) is 11.4. The van der Waals surface area contributed by atoms with E-state index in [9.17, 15) is 13.5 Å². The first-order valence-corrected chi connectivity index (χ1v) is 9.33. The van der Waals surface area contributed by atoms with Gasteiger partial charge in [-0.05, 0) is 44.4 Å². The molecule has 0 aliphatic rings. The SMILES string of the molecule is C=CCCCCCCCCC([O-])=NCCCCS(=O)(=O)O.[Na+]. The first kappa shape index (κ1) is 24.4. The van der Waals surface area contributed by atoms with E-state index in [1.807, 2.05) is 6.08 Å². The molecule has 0 saturated heterocycles. The zero-order valence-corrected chi connectivity index (χ0v) is 16.6. The molecule has 0 bridgehead atoms. The van der Waals surface area contributed by atoms with Crippen molar-refractivity contribution in [3.05, 3.63) is 12.7 Å². The minimum Gasteiger partial charge on any atom is -0.862 e. The molecule has 0 aromatic carbocycles. The van der Waals surface area contributed by atoms with Crippen molar-refractivity contribution in [3.63, 3.8) is 0 Å². The van der Waals surface area contributed by atoms with E-state index in [1.165, 1.54) is 19.3 Å². The van der Waals surface area contributed by atoms with Crippen molar-refractivity contribution in [2.45, 2.75) is 64.2 Å². The minimum atomic E-state index is -3.89. The Morgan fingerprint density at radius 1 is 1.05 bits per heavy atom. The topological polar surface area (TPSA) is 89.8 Å². The Kier molecular flexibility index (Phi) is 17.7. The van der Waals surface area contributed by atoms with Crippen molar-refractivity contribution in [1.29, 1.82) is 0 Å². The molecular weight excluding hydrogens is 313 g/mol. The second-order valence-corrected chi connectivity index (χ2v) is 6.79. The fourth-order valence-corrected chi connectivity index (χ4v) is 2.52. The largest absolute Gasteiger partial charge is 1.00 e. The van der Waals surface area contributed by atoms with E-state index >= 15 is 0 Å². The fraction of sp³-hybridized carbons (Fsp3) is 0.800. The van der Waals surface area contributed by atoms with Gasteiger partial charge in [0.05, 0.1) is 5.75 Å². The third kappa shape index (κ3) is 20.1. The zero-order valence-electron chi connectivity index (χ0n) is 13.8. The van der Waals surface area contributed by atoms with Gasteiger partial charge in [-0.3, -0.25) is 4.55 Å². The molecule has 0 aliphatic carbocycles. The molecule has 7 heteroatoms. The van der Waals surface area contributed by atoms with E-state index in [0.29, 0.717) is 25.8 Å². The molecule has 0 aromatic heterocycles. The number of unbranched alkanes of at least 4 members (excludes halogenated alkanes) is 7. The summed E-state index contributed by atoms with van der Waals surface area (Å²) in [4.78, 5) is 3.88. The Labute approximate surface area is 157 Å². The minimum absolute atomic E-state index is 0. The summed E-state index contributed by atoms with van der Waals surface area (Å²) in [6.07, 6.45) is 11.0. The number of nitrogens with zero attached hydrogens (tertiary/aromatic N) is 1. The smallest absolute Gasteiger partial charge is 0.862 e. The molecule has 124 valence electrons. The van der Waals surface area contributed by atoms with Crippen LogP contribution in [0.1, 0.15) is 64.2 Å². The molecule has 0 fully saturated rings. The van der Waals surface area contributed by atoms with Gasteiger partial charge in [-0.2, -0.15) is 8.42 Å². The first-order chi connectivity index (χ1) is 9.95. The number of aliphatic imine (C=N–C) groups is 1. The molecule has 22 heavy (non-hydrogen) atoms. The van der Waals surface area contributed by atoms with Crippen LogP contribution in [0.5, 0.6) is 0 Å². The summed E-state index contributed by atoms with van der Waals surface area (Å²) >= 11 is 0. The molecule has 0 aliphatic heterocycles. The molecular formula is C15H28NNaO4S. The molecule has 0 saturated carbocycles. The Morgan fingerprint density at radius 3 is 2.23 bits per heavy atom. The summed E-state index contributed by atoms with van der Waals surface area (Å²) in [5.74, 6) is -0.365. The molecule has 0 spiro atoms. The maximum atomic E-state index is 11.4. The van der Waals surface area contributed by atoms with Crippen molar-refractivity contribution < 1.29 is 47.6 Å². The average molecular weight is 341 g/mol. The number of rotatable bonds is 14. The maximum absolute atomic E-state index is 11.4. The van der Waals surface area contributed by atoms with E-state index in [-0.39, 0.29) is 41.2 Å². The summed E-state index contributed by atoms with van der Waals surface area (Å²) in [6, 6.07) is 0. The van der Waals surface area contributed by atoms with Crippen LogP contribution in [0.15, 0.2) is 17.6 Å². The van der Waals surface area contributed by atoms with Crippen molar-refractivity contribution in [2.75, 3.05) is 12.3 Å². The van der Waals surface area contributed by atoms with Crippen molar-refractivity contribution >= 4 is 16.0 Å². The third-order valence-corrected chi connectivity index (χ3v) is 3.95. The molecule has 0 radical (unpaired) electrons. The van der Waals surface area contributed by atoms with Crippen LogP contribution >= 0.6 is 0 Å². The quantitative estimate of drug-likeness (QED) is 0.118. The van der Waals surface area contributed by atoms with Gasteiger partial charge >= 0.3 is 29.6 Å². The second kappa shape index (κ2) is 16.0. The van der Waals surface area contributed by atoms with Crippen LogP contribution < -0.4 is 34.7 Å². The normalized spacial score (nSPS) is 12.0. The summed E-state index contributed by atoms with van der Waals surface area (Å²) in [7, 11) is -3.89. The molecule has 0 amide bonds. The van der Waals surface area contributed by atoms with E-state index in [2.05, 4.69) is 11.6 Å². The molecule has 0 rings (SSSR count). The van der Waals surface area contributed by atoms with Crippen LogP contribution in [0.3, 0.4) is 0 Å². The van der Waals surface area contributed by atoms with Crippen LogP contribution in [-0.2, 0) is 10.1 Å². The fourth-order valence-electron chi connectivity index (χ4n) is 1.95. The van der Waals surface area contributed by atoms with Gasteiger partial charge < -0.3 is 10.1 Å². The van der Waals surface area contributed by atoms with Crippen molar-refractivity contribution in [2.24, 2.45) is 4.99 Å². The van der Waals surface area contributed by atoms with Crippen LogP contribution in [0.4, 0.5) is 0 Å². The molecule has 1 N–H and O–H groups in total. The van der Waals surface area contributed by atoms with Gasteiger partial charge in [0, 0.05) is 6.54 Å². The molecule has 0 aromatic rings. The van der Waals surface area contributed by atoms with E-state index in [0.717, 1.165) is 25.7 Å². The monoisotopic (exact) mass is 341 g/mol. The van der Waals surface area contributed by atoms with Crippen LogP contribution in [-0.4, -0.2) is 31.2 Å². The Balaban J connectivity index is 0. The van der Waals surface area contributed by atoms with Gasteiger partial charge in [0.1, 0.15) is 0 Å². The molecule has 0 atom stereocenters. The van der Waals surface area contributed by atoms with Crippen LogP contribution in [0.25, 0.3) is 0 Å². The number of hydrogen-bond donors (Lipinski definition) is 1. The van der Waals surface area contributed by atoms with E-state index < -0.39 is 10.1 Å². The first-order valence-electron chi connectivity index (χ1n) is 7.72. The van der Waals surface area contributed by atoms with Gasteiger partial charge in [-0.25, -0.2) is 0 Å². The van der Waals surface area contributed by atoms with Gasteiger partial charge in [0.15, 0.2) is 0 Å². The van der Waals surface area contributed by atoms with Gasteiger partial charge in [0.25, 0.3) is 10.1 Å². The van der Waals surface area contributed by atoms with E-state index in [1.54, 1.807) is 0 Å². The van der Waals surface area contributed by atoms with Gasteiger partial charge in [-0.1, -0.05) is 31.8 Å². The molecule has 0 heterocycles. The standard InChI is InChI=1S/C15H29NO4S.Na/c1-2-3-4-5-6-7-8-9-12-15(17)16-13-10-11-14-21(18,19)20;/h2H,1,3-14H2,(H,16,17)(H,18,19,20);/q;+1/p-1. The van der Waals surface area contributed by atoms with Crippen LogP contribution in [0.2, 0.25) is 0 Å². The van der Waals surface area contributed by atoms with Gasteiger partial charge in [-0.15, -0.1) is 6.58 Å².